The molecule has 2 heterocycles. The first-order chi connectivity index (χ1) is 11.2. The van der Waals surface area contributed by atoms with Crippen molar-refractivity contribution >= 4 is 23.7 Å². The van der Waals surface area contributed by atoms with Gasteiger partial charge >= 0.3 is 0 Å². The Hall–Kier alpha value is -1.10. The lowest BCUT2D eigenvalue weighted by atomic mass is 9.95. The molecule has 3 rings (SSSR count). The summed E-state index contributed by atoms with van der Waals surface area (Å²) in [5, 5.41) is 4.71. The number of halogens is 1. The van der Waals surface area contributed by atoms with Crippen LogP contribution in [-0.4, -0.2) is 10.6 Å². The van der Waals surface area contributed by atoms with Crippen molar-refractivity contribution in [2.75, 3.05) is 0 Å². The molecular formula is C19H27ClN2OS. The third-order valence-electron chi connectivity index (χ3n) is 4.78. The van der Waals surface area contributed by atoms with Gasteiger partial charge in [-0.15, -0.1) is 23.7 Å². The molecule has 1 fully saturated rings. The first-order valence-corrected chi connectivity index (χ1v) is 9.54. The molecule has 0 amide bonds. The summed E-state index contributed by atoms with van der Waals surface area (Å²) < 4.78 is 1.85. The fourth-order valence-electron chi connectivity index (χ4n) is 3.35. The second-order valence-corrected chi connectivity index (χ2v) is 7.60. The lowest BCUT2D eigenvalue weighted by Crippen LogP contribution is -2.30. The Bertz CT molecular complexity index is 716. The van der Waals surface area contributed by atoms with Crippen molar-refractivity contribution < 1.29 is 0 Å². The van der Waals surface area contributed by atoms with Gasteiger partial charge in [0.2, 0.25) is 0 Å². The molecule has 1 saturated carbocycles. The molecule has 2 aromatic rings. The van der Waals surface area contributed by atoms with E-state index < -0.39 is 0 Å². The minimum Gasteiger partial charge on any atom is -0.309 e. The van der Waals surface area contributed by atoms with Gasteiger partial charge in [-0.05, 0) is 44.4 Å². The monoisotopic (exact) mass is 366 g/mol. The Morgan fingerprint density at radius 3 is 2.62 bits per heavy atom. The molecule has 1 aliphatic rings. The summed E-state index contributed by atoms with van der Waals surface area (Å²) in [7, 11) is 0. The van der Waals surface area contributed by atoms with Crippen molar-refractivity contribution in [2.45, 2.75) is 65.0 Å². The third kappa shape index (κ3) is 4.29. The first-order valence-electron chi connectivity index (χ1n) is 8.73. The maximum Gasteiger partial charge on any atom is 0.259 e. The largest absolute Gasteiger partial charge is 0.309 e. The standard InChI is InChI=1S/C19H26N2OS.ClH/c1-3-15-10-9-14(2)21(19(15)22)18-12-11-17(23-18)13-20-16-7-5-4-6-8-16;/h9-12,16,20H,3-8,13H2,1-2H3;1H. The molecule has 0 aromatic carbocycles. The van der Waals surface area contributed by atoms with E-state index in [-0.39, 0.29) is 18.0 Å². The average Bonchev–Trinajstić information content (AvgIpc) is 3.03. The number of nitrogens with one attached hydrogen (secondary N) is 1. The van der Waals surface area contributed by atoms with Crippen molar-refractivity contribution in [3.63, 3.8) is 0 Å². The van der Waals surface area contributed by atoms with Crippen LogP contribution in [0.15, 0.2) is 29.1 Å². The van der Waals surface area contributed by atoms with Gasteiger partial charge in [-0.3, -0.25) is 9.36 Å². The number of pyridine rings is 1. The van der Waals surface area contributed by atoms with Gasteiger partial charge in [0.05, 0.1) is 0 Å². The van der Waals surface area contributed by atoms with Crippen LogP contribution in [0.1, 0.15) is 55.2 Å². The van der Waals surface area contributed by atoms with Crippen LogP contribution in [0.4, 0.5) is 0 Å². The second-order valence-electron chi connectivity index (χ2n) is 6.45. The van der Waals surface area contributed by atoms with Gasteiger partial charge in [-0.25, -0.2) is 0 Å². The van der Waals surface area contributed by atoms with Crippen LogP contribution in [0.3, 0.4) is 0 Å². The summed E-state index contributed by atoms with van der Waals surface area (Å²) in [6.07, 6.45) is 7.47. The molecule has 0 bridgehead atoms. The number of nitrogens with zero attached hydrogens (tertiary/aromatic N) is 1. The van der Waals surface area contributed by atoms with Gasteiger partial charge in [0.25, 0.3) is 5.56 Å². The molecule has 24 heavy (non-hydrogen) atoms. The summed E-state index contributed by atoms with van der Waals surface area (Å²) in [6.45, 7) is 4.95. The van der Waals surface area contributed by atoms with E-state index in [0.717, 1.165) is 29.2 Å². The van der Waals surface area contributed by atoms with E-state index >= 15 is 0 Å². The predicted molar refractivity (Wildman–Crippen MR) is 105 cm³/mol. The molecule has 3 nitrogen and oxygen atoms in total. The van der Waals surface area contributed by atoms with Crippen molar-refractivity contribution in [3.8, 4) is 5.00 Å². The van der Waals surface area contributed by atoms with Crippen LogP contribution in [-0.2, 0) is 13.0 Å². The van der Waals surface area contributed by atoms with Crippen molar-refractivity contribution in [1.82, 2.24) is 9.88 Å². The van der Waals surface area contributed by atoms with Gasteiger partial charge in [0, 0.05) is 28.7 Å². The summed E-state index contributed by atoms with van der Waals surface area (Å²) in [5.41, 5.74) is 2.01. The zero-order valence-corrected chi connectivity index (χ0v) is 16.1. The van der Waals surface area contributed by atoms with E-state index in [1.165, 1.54) is 37.0 Å². The summed E-state index contributed by atoms with van der Waals surface area (Å²) in [5.74, 6) is 0. The van der Waals surface area contributed by atoms with E-state index in [9.17, 15) is 4.79 Å². The van der Waals surface area contributed by atoms with E-state index in [1.807, 2.05) is 30.5 Å². The molecule has 0 unspecified atom stereocenters. The highest BCUT2D eigenvalue weighted by Crippen LogP contribution is 2.23. The highest BCUT2D eigenvalue weighted by Gasteiger charge is 2.14. The summed E-state index contributed by atoms with van der Waals surface area (Å²) in [4.78, 5) is 13.9. The smallest absolute Gasteiger partial charge is 0.259 e. The van der Waals surface area contributed by atoms with E-state index in [1.54, 1.807) is 11.3 Å². The topological polar surface area (TPSA) is 34.0 Å². The Morgan fingerprint density at radius 2 is 1.92 bits per heavy atom. The summed E-state index contributed by atoms with van der Waals surface area (Å²) >= 11 is 1.72. The Kier molecular flexibility index (Phi) is 7.08. The highest BCUT2D eigenvalue weighted by atomic mass is 35.5. The van der Waals surface area contributed by atoms with Gasteiger partial charge in [-0.2, -0.15) is 0 Å². The fourth-order valence-corrected chi connectivity index (χ4v) is 4.36. The minimum absolute atomic E-state index is 0. The molecule has 0 atom stereocenters. The average molecular weight is 367 g/mol. The van der Waals surface area contributed by atoms with Crippen LogP contribution in [0, 0.1) is 6.92 Å². The number of thiophene rings is 1. The lowest BCUT2D eigenvalue weighted by molar-refractivity contribution is 0.373. The Balaban J connectivity index is 0.00000208. The van der Waals surface area contributed by atoms with Gasteiger partial charge in [0.15, 0.2) is 0 Å². The molecule has 0 aliphatic heterocycles. The van der Waals surface area contributed by atoms with Gasteiger partial charge < -0.3 is 5.32 Å². The number of aromatic nitrogens is 1. The van der Waals surface area contributed by atoms with Crippen LogP contribution < -0.4 is 10.9 Å². The van der Waals surface area contributed by atoms with Gasteiger partial charge in [-0.1, -0.05) is 32.3 Å². The number of hydrogen-bond donors (Lipinski definition) is 1. The van der Waals surface area contributed by atoms with Crippen LogP contribution >= 0.6 is 23.7 Å². The molecular weight excluding hydrogens is 340 g/mol. The molecule has 5 heteroatoms. The molecule has 1 N–H and O–H groups in total. The molecule has 0 radical (unpaired) electrons. The SMILES string of the molecule is CCc1ccc(C)n(-c2ccc(CNC3CCCCC3)s2)c1=O.Cl. The van der Waals surface area contributed by atoms with Gasteiger partial charge in [0.1, 0.15) is 5.00 Å². The molecule has 1 aliphatic carbocycles. The van der Waals surface area contributed by atoms with Crippen LogP contribution in [0.25, 0.3) is 5.00 Å². The molecule has 2 aromatic heterocycles. The normalized spacial score (nSPS) is 15.2. The van der Waals surface area contributed by atoms with Crippen molar-refractivity contribution in [1.29, 1.82) is 0 Å². The molecule has 0 saturated heterocycles. The Labute approximate surface area is 154 Å². The summed E-state index contributed by atoms with van der Waals surface area (Å²) in [6, 6.07) is 8.89. The first kappa shape index (κ1) is 19.2. The number of rotatable bonds is 5. The van der Waals surface area contributed by atoms with Crippen LogP contribution in [0.2, 0.25) is 0 Å². The highest BCUT2D eigenvalue weighted by molar-refractivity contribution is 7.14. The quantitative estimate of drug-likeness (QED) is 0.838. The number of hydrogen-bond acceptors (Lipinski definition) is 3. The minimum atomic E-state index is 0. The van der Waals surface area contributed by atoms with Crippen molar-refractivity contribution in [3.05, 3.63) is 50.8 Å². The maximum absolute atomic E-state index is 12.6. The Morgan fingerprint density at radius 1 is 1.17 bits per heavy atom. The van der Waals surface area contributed by atoms with Crippen molar-refractivity contribution in [2.24, 2.45) is 0 Å². The predicted octanol–water partition coefficient (Wildman–Crippen LogP) is 4.61. The zero-order chi connectivity index (χ0) is 16.2. The van der Waals surface area contributed by atoms with E-state index in [2.05, 4.69) is 17.4 Å². The number of aryl methyl sites for hydroxylation is 2. The maximum atomic E-state index is 12.6. The third-order valence-corrected chi connectivity index (χ3v) is 5.85. The molecule has 0 spiro atoms. The fraction of sp³-hybridized carbons (Fsp3) is 0.526. The second kappa shape index (κ2) is 8.84. The van der Waals surface area contributed by atoms with Crippen LogP contribution in [0.5, 0.6) is 0 Å². The molecule has 132 valence electrons. The van der Waals surface area contributed by atoms with E-state index in [4.69, 9.17) is 0 Å². The van der Waals surface area contributed by atoms with E-state index in [0.29, 0.717) is 6.04 Å². The zero-order valence-electron chi connectivity index (χ0n) is 14.5. The lowest BCUT2D eigenvalue weighted by Gasteiger charge is -2.22.